The quantitative estimate of drug-likeness (QED) is 0.0190. The first-order valence-electron chi connectivity index (χ1n) is 27.4. The van der Waals surface area contributed by atoms with Gasteiger partial charge in [-0.1, -0.05) is 48.5 Å². The van der Waals surface area contributed by atoms with Crippen LogP contribution >= 0.6 is 23.1 Å². The molecule has 4 aromatic rings. The van der Waals surface area contributed by atoms with Gasteiger partial charge in [0.15, 0.2) is 5.96 Å². The van der Waals surface area contributed by atoms with Crippen molar-refractivity contribution < 1.29 is 48.2 Å². The minimum atomic E-state index is -1.27. The number of fused-ring (bicyclic) bond motifs is 4. The summed E-state index contributed by atoms with van der Waals surface area (Å²) in [5.74, 6) is -4.07. The standard InChI is InChI=1S/C56H76N14O10S2/c1-32(81-30-42(57)54(77)78)53-69-43-22-21-35(27-48(43)82-53)65-49(73)44(18-9-11-23-61-33(2)71)66-50(74)45(19-10-12-24-62-34(3)72)67-52(76)47(26-36-28-60-31-64-36)68-51(75)46(20-13-25-63-55(58)59-4)70-56(79)80-29-41-39-16-7-5-14-37(39)38-15-6-8-17-40(38)41/h5-8,14-17,21-22,27,31-32,36,41-42,44-47H,9-13,18-20,23-26,28-30,57H2,1-4H3,(H,60,64)(H,61,71)(H,62,72)(H,65,73)(H,66,74)(H,67,76)(H,68,75)(H,70,79)(H,77,78)(H3,58,59,63)/t32?,36?,42-,44+,45+,46+,47+/m1/s1. The molecule has 2 aliphatic rings. The highest BCUT2D eigenvalue weighted by molar-refractivity contribution is 7.99. The van der Waals surface area contributed by atoms with Gasteiger partial charge in [-0.3, -0.25) is 43.5 Å². The van der Waals surface area contributed by atoms with Gasteiger partial charge < -0.3 is 69.2 Å². The lowest BCUT2D eigenvalue weighted by atomic mass is 9.98. The van der Waals surface area contributed by atoms with E-state index in [4.69, 9.17) is 21.2 Å². The number of nitrogens with one attached hydrogen (secondary N) is 9. The summed E-state index contributed by atoms with van der Waals surface area (Å²) in [6, 6.07) is 14.7. The molecule has 82 heavy (non-hydrogen) atoms. The van der Waals surface area contributed by atoms with E-state index in [9.17, 15) is 43.5 Å². The minimum absolute atomic E-state index is 0.00983. The average molecular weight is 1170 g/mol. The Bertz CT molecular complexity index is 2890. The van der Waals surface area contributed by atoms with Gasteiger partial charge in [-0.25, -0.2) is 9.78 Å². The van der Waals surface area contributed by atoms with E-state index in [1.165, 1.54) is 50.3 Å². The van der Waals surface area contributed by atoms with Crippen molar-refractivity contribution in [1.29, 1.82) is 0 Å². The molecule has 0 saturated heterocycles. The maximum absolute atomic E-state index is 14.7. The number of carbonyl (C=O) groups excluding carboxylic acids is 7. The molecule has 0 fully saturated rings. The van der Waals surface area contributed by atoms with E-state index >= 15 is 0 Å². The summed E-state index contributed by atoms with van der Waals surface area (Å²) in [7, 11) is 1.53. The van der Waals surface area contributed by atoms with Crippen LogP contribution in [0.4, 0.5) is 10.5 Å². The van der Waals surface area contributed by atoms with Gasteiger partial charge in [0.1, 0.15) is 41.8 Å². The molecule has 2 heterocycles. The lowest BCUT2D eigenvalue weighted by Gasteiger charge is -2.28. The third-order valence-corrected chi connectivity index (χ3v) is 16.4. The molecule has 0 saturated carbocycles. The van der Waals surface area contributed by atoms with Crippen molar-refractivity contribution in [1.82, 2.24) is 47.5 Å². The molecule has 26 heteroatoms. The van der Waals surface area contributed by atoms with Crippen LogP contribution in [-0.2, 0) is 38.3 Å². The maximum atomic E-state index is 14.7. The van der Waals surface area contributed by atoms with E-state index in [1.807, 2.05) is 55.5 Å². The number of guanidine groups is 1. The van der Waals surface area contributed by atoms with Gasteiger partial charge in [0, 0.05) is 63.9 Å². The van der Waals surface area contributed by atoms with Crippen LogP contribution in [0.1, 0.15) is 106 Å². The number of hydrogen-bond acceptors (Lipinski definition) is 16. The first-order valence-corrected chi connectivity index (χ1v) is 29.3. The predicted octanol–water partition coefficient (Wildman–Crippen LogP) is 3.12. The average Bonchev–Trinajstić information content (AvgIpc) is 4.03. The highest BCUT2D eigenvalue weighted by Crippen LogP contribution is 2.44. The molecule has 442 valence electrons. The Kier molecular flexibility index (Phi) is 24.7. The molecule has 2 unspecified atom stereocenters. The Morgan fingerprint density at radius 1 is 0.756 bits per heavy atom. The molecule has 7 amide bonds. The fourth-order valence-electron chi connectivity index (χ4n) is 9.35. The van der Waals surface area contributed by atoms with Crippen molar-refractivity contribution in [3.8, 4) is 11.1 Å². The van der Waals surface area contributed by atoms with E-state index in [2.05, 4.69) is 57.8 Å². The van der Waals surface area contributed by atoms with Crippen LogP contribution in [0.3, 0.4) is 0 Å². The van der Waals surface area contributed by atoms with Gasteiger partial charge in [-0.15, -0.1) is 23.1 Å². The number of aromatic nitrogens is 1. The Balaban J connectivity index is 1.19. The number of alkyl carbamates (subject to hydrolysis) is 1. The van der Waals surface area contributed by atoms with Crippen molar-refractivity contribution in [3.05, 3.63) is 82.9 Å². The summed E-state index contributed by atoms with van der Waals surface area (Å²) < 4.78 is 6.59. The topological polar surface area (TPSA) is 364 Å². The van der Waals surface area contributed by atoms with E-state index in [0.717, 1.165) is 32.0 Å². The summed E-state index contributed by atoms with van der Waals surface area (Å²) in [6.07, 6.45) is 3.04. The number of aliphatic imine (C=N–C) groups is 2. The van der Waals surface area contributed by atoms with Gasteiger partial charge in [-0.2, -0.15) is 0 Å². The van der Waals surface area contributed by atoms with E-state index in [1.54, 1.807) is 18.2 Å². The lowest BCUT2D eigenvalue weighted by molar-refractivity contribution is -0.138. The number of carboxylic acid groups (broad SMARTS) is 1. The summed E-state index contributed by atoms with van der Waals surface area (Å²) in [4.78, 5) is 119. The van der Waals surface area contributed by atoms with Crippen LogP contribution in [0, 0.1) is 0 Å². The molecule has 0 spiro atoms. The smallest absolute Gasteiger partial charge is 0.407 e. The number of unbranched alkanes of at least 4 members (excludes halogenated alkanes) is 2. The van der Waals surface area contributed by atoms with Crippen molar-refractivity contribution in [2.24, 2.45) is 21.5 Å². The van der Waals surface area contributed by atoms with Crippen molar-refractivity contribution in [2.75, 3.05) is 50.9 Å². The zero-order chi connectivity index (χ0) is 59.1. The zero-order valence-electron chi connectivity index (χ0n) is 46.6. The zero-order valence-corrected chi connectivity index (χ0v) is 48.2. The first-order chi connectivity index (χ1) is 39.4. The molecule has 24 nitrogen and oxygen atoms in total. The number of rotatable bonds is 32. The number of carbonyl (C=O) groups is 8. The molecular weight excluding hydrogens is 1090 g/mol. The SMILES string of the molecule is CN=C(N)NCCC[C@H](NC(=O)OCC1c2ccccc2-c2ccccc21)C(=O)N[C@@H](CC1CN=CN1)C(=O)N[C@@H](CCCCNC(C)=O)C(=O)N[C@@H](CCCCNC(C)=O)C(=O)Nc1ccc2nc(C(C)SC[C@@H](N)C(=O)O)sc2c1. The molecule has 6 rings (SSSR count). The number of aliphatic carboxylic acids is 1. The second-order valence-electron chi connectivity index (χ2n) is 20.1. The van der Waals surface area contributed by atoms with Crippen LogP contribution in [0.15, 0.2) is 76.7 Å². The Morgan fingerprint density at radius 3 is 1.90 bits per heavy atom. The molecule has 1 aromatic heterocycles. The van der Waals surface area contributed by atoms with Crippen LogP contribution in [0.5, 0.6) is 0 Å². The largest absolute Gasteiger partial charge is 0.480 e. The first kappa shape index (κ1) is 63.3. The molecule has 0 radical (unpaired) electrons. The lowest BCUT2D eigenvalue weighted by Crippen LogP contribution is -2.59. The van der Waals surface area contributed by atoms with Crippen molar-refractivity contribution in [3.63, 3.8) is 0 Å². The number of hydrogen-bond donors (Lipinski definition) is 12. The van der Waals surface area contributed by atoms with Gasteiger partial charge in [0.05, 0.1) is 28.3 Å². The Labute approximate surface area is 484 Å². The van der Waals surface area contributed by atoms with E-state index in [0.29, 0.717) is 62.9 Å². The number of thioether (sulfide) groups is 1. The highest BCUT2D eigenvalue weighted by Gasteiger charge is 2.35. The molecular formula is C56H76N14O10S2. The minimum Gasteiger partial charge on any atom is -0.480 e. The second-order valence-corrected chi connectivity index (χ2v) is 22.5. The Morgan fingerprint density at radius 2 is 1.32 bits per heavy atom. The van der Waals surface area contributed by atoms with Crippen molar-refractivity contribution in [2.45, 2.75) is 126 Å². The second kappa shape index (κ2) is 32.0. The molecule has 0 bridgehead atoms. The van der Waals surface area contributed by atoms with Crippen molar-refractivity contribution >= 4 is 98.8 Å². The number of ether oxygens (including phenoxy) is 1. The molecule has 1 aliphatic heterocycles. The third-order valence-electron chi connectivity index (χ3n) is 13.8. The fraction of sp³-hybridized carbons (Fsp3) is 0.482. The number of nitrogens with zero attached hydrogens (tertiary/aromatic N) is 3. The van der Waals surface area contributed by atoms with Crippen LogP contribution < -0.4 is 59.3 Å². The summed E-state index contributed by atoms with van der Waals surface area (Å²) >= 11 is 2.75. The highest BCUT2D eigenvalue weighted by atomic mass is 32.2. The third kappa shape index (κ3) is 19.4. The number of nitrogens with two attached hydrogens (primary N) is 2. The van der Waals surface area contributed by atoms with Gasteiger partial charge >= 0.3 is 12.1 Å². The Hall–Kier alpha value is -7.84. The molecule has 3 aromatic carbocycles. The summed E-state index contributed by atoms with van der Waals surface area (Å²) in [6.45, 7) is 5.91. The van der Waals surface area contributed by atoms with Gasteiger partial charge in [0.2, 0.25) is 35.4 Å². The molecule has 7 atom stereocenters. The number of amides is 7. The number of carboxylic acids is 1. The van der Waals surface area contributed by atoms with Gasteiger partial charge in [-0.05, 0) is 105 Å². The summed E-state index contributed by atoms with van der Waals surface area (Å²) in [5.41, 5.74) is 16.8. The van der Waals surface area contributed by atoms with Crippen LogP contribution in [0.2, 0.25) is 0 Å². The van der Waals surface area contributed by atoms with E-state index < -0.39 is 65.9 Å². The summed E-state index contributed by atoms with van der Waals surface area (Å²) in [5, 5.41) is 35.6. The van der Waals surface area contributed by atoms with E-state index in [-0.39, 0.29) is 79.6 Å². The van der Waals surface area contributed by atoms with Crippen LogP contribution in [0.25, 0.3) is 21.3 Å². The number of thiazole rings is 1. The normalized spacial score (nSPS) is 15.7. The van der Waals surface area contributed by atoms with Gasteiger partial charge in [0.25, 0.3) is 0 Å². The predicted molar refractivity (Wildman–Crippen MR) is 317 cm³/mol. The molecule has 14 N–H and O–H groups in total. The molecule has 1 aliphatic carbocycles. The fourth-order valence-corrected chi connectivity index (χ4v) is 11.5. The monoisotopic (exact) mass is 1170 g/mol. The number of anilines is 1. The van der Waals surface area contributed by atoms with Crippen LogP contribution in [-0.4, -0.2) is 152 Å². The number of benzene rings is 3. The maximum Gasteiger partial charge on any atom is 0.407 e.